The highest BCUT2D eigenvalue weighted by molar-refractivity contribution is 5.77. The second-order valence-electron chi connectivity index (χ2n) is 4.88. The molecule has 0 radical (unpaired) electrons. The predicted molar refractivity (Wildman–Crippen MR) is 84.5 cm³/mol. The molecule has 110 valence electrons. The molecule has 0 spiro atoms. The van der Waals surface area contributed by atoms with Crippen LogP contribution in [0.3, 0.4) is 0 Å². The van der Waals surface area contributed by atoms with Gasteiger partial charge in [-0.2, -0.15) is 0 Å². The zero-order valence-electron chi connectivity index (χ0n) is 12.3. The van der Waals surface area contributed by atoms with Gasteiger partial charge in [0.1, 0.15) is 5.75 Å². The van der Waals surface area contributed by atoms with Crippen LogP contribution in [0.15, 0.2) is 54.6 Å². The molecular weight excluding hydrogens is 262 g/mol. The number of carbonyl (C=O) groups excluding carboxylic acids is 1. The first-order valence-electron chi connectivity index (χ1n) is 7.30. The molecule has 1 N–H and O–H groups in total. The first kappa shape index (κ1) is 15.1. The summed E-state index contributed by atoms with van der Waals surface area (Å²) in [6.07, 6.45) is 1.79. The molecule has 3 heteroatoms. The van der Waals surface area contributed by atoms with Gasteiger partial charge in [0.05, 0.1) is 0 Å². The summed E-state index contributed by atoms with van der Waals surface area (Å²) < 4.78 is 5.50. The van der Waals surface area contributed by atoms with Gasteiger partial charge >= 0.3 is 0 Å². The van der Waals surface area contributed by atoms with E-state index in [4.69, 9.17) is 4.74 Å². The molecule has 2 rings (SSSR count). The summed E-state index contributed by atoms with van der Waals surface area (Å²) in [4.78, 5) is 11.7. The van der Waals surface area contributed by atoms with Gasteiger partial charge in [-0.15, -0.1) is 0 Å². The maximum atomic E-state index is 11.7. The van der Waals surface area contributed by atoms with Crippen LogP contribution in [-0.4, -0.2) is 19.1 Å². The zero-order valence-corrected chi connectivity index (χ0v) is 12.3. The molecule has 0 aliphatic carbocycles. The normalized spacial score (nSPS) is 10.1. The van der Waals surface area contributed by atoms with Gasteiger partial charge in [-0.3, -0.25) is 4.79 Å². The molecule has 2 aromatic rings. The van der Waals surface area contributed by atoms with Crippen molar-refractivity contribution in [3.63, 3.8) is 0 Å². The molecule has 0 bridgehead atoms. The fourth-order valence-corrected chi connectivity index (χ4v) is 2.05. The average molecular weight is 283 g/mol. The highest BCUT2D eigenvalue weighted by Gasteiger charge is 2.03. The molecule has 0 unspecified atom stereocenters. The Hall–Kier alpha value is -2.29. The third-order valence-electron chi connectivity index (χ3n) is 3.26. The Bertz CT molecular complexity index is 566. The summed E-state index contributed by atoms with van der Waals surface area (Å²) >= 11 is 0. The lowest BCUT2D eigenvalue weighted by Crippen LogP contribution is -2.30. The Morgan fingerprint density at radius 2 is 1.81 bits per heavy atom. The summed E-state index contributed by atoms with van der Waals surface area (Å²) in [6, 6.07) is 17.9. The van der Waals surface area contributed by atoms with Crippen LogP contribution in [0.5, 0.6) is 5.75 Å². The minimum atomic E-state index is -0.0900. The summed E-state index contributed by atoms with van der Waals surface area (Å²) in [6.45, 7) is 2.78. The molecule has 0 saturated heterocycles. The summed E-state index contributed by atoms with van der Waals surface area (Å²) in [5, 5.41) is 2.87. The van der Waals surface area contributed by atoms with Crippen LogP contribution in [0.25, 0.3) is 0 Å². The van der Waals surface area contributed by atoms with E-state index in [2.05, 4.69) is 24.4 Å². The largest absolute Gasteiger partial charge is 0.484 e. The Labute approximate surface area is 126 Å². The van der Waals surface area contributed by atoms with Crippen molar-refractivity contribution >= 4 is 5.91 Å². The van der Waals surface area contributed by atoms with Crippen LogP contribution in [-0.2, 0) is 17.6 Å². The smallest absolute Gasteiger partial charge is 0.257 e. The van der Waals surface area contributed by atoms with Crippen LogP contribution in [0, 0.1) is 0 Å². The minimum Gasteiger partial charge on any atom is -0.484 e. The molecule has 0 heterocycles. The van der Waals surface area contributed by atoms with Crippen molar-refractivity contribution in [3.05, 3.63) is 65.7 Å². The van der Waals surface area contributed by atoms with Crippen molar-refractivity contribution < 1.29 is 9.53 Å². The fraction of sp³-hybridized carbons (Fsp3) is 0.278. The minimum absolute atomic E-state index is 0.0575. The number of benzene rings is 2. The Kier molecular flexibility index (Phi) is 5.83. The Balaban J connectivity index is 1.70. The highest BCUT2D eigenvalue weighted by atomic mass is 16.5. The lowest BCUT2D eigenvalue weighted by molar-refractivity contribution is -0.123. The monoisotopic (exact) mass is 283 g/mol. The molecule has 0 atom stereocenters. The molecule has 0 fully saturated rings. The van der Waals surface area contributed by atoms with Gasteiger partial charge in [0.2, 0.25) is 0 Å². The van der Waals surface area contributed by atoms with Crippen LogP contribution in [0.1, 0.15) is 18.1 Å². The number of hydrogen-bond acceptors (Lipinski definition) is 2. The second-order valence-corrected chi connectivity index (χ2v) is 4.88. The maximum Gasteiger partial charge on any atom is 0.257 e. The highest BCUT2D eigenvalue weighted by Crippen LogP contribution is 2.13. The van der Waals surface area contributed by atoms with Crippen LogP contribution >= 0.6 is 0 Å². The van der Waals surface area contributed by atoms with E-state index in [0.717, 1.165) is 18.6 Å². The summed E-state index contributed by atoms with van der Waals surface area (Å²) in [5.41, 5.74) is 2.42. The summed E-state index contributed by atoms with van der Waals surface area (Å²) in [7, 11) is 0. The van der Waals surface area contributed by atoms with Gasteiger partial charge in [0, 0.05) is 6.54 Å². The first-order valence-corrected chi connectivity index (χ1v) is 7.30. The number of nitrogens with one attached hydrogen (secondary N) is 1. The van der Waals surface area contributed by atoms with Crippen molar-refractivity contribution in [2.24, 2.45) is 0 Å². The molecular formula is C18H21NO2. The van der Waals surface area contributed by atoms with Gasteiger partial charge in [-0.25, -0.2) is 0 Å². The van der Waals surface area contributed by atoms with Gasteiger partial charge in [0.25, 0.3) is 5.91 Å². The Morgan fingerprint density at radius 1 is 1.05 bits per heavy atom. The standard InChI is InChI=1S/C18H21NO2/c1-2-15-9-6-10-17(13-15)21-14-18(20)19-12-11-16-7-4-3-5-8-16/h3-10,13H,2,11-12,14H2,1H3,(H,19,20). The zero-order chi connectivity index (χ0) is 14.9. The molecule has 0 aliphatic heterocycles. The van der Waals surface area contributed by atoms with Gasteiger partial charge in [-0.1, -0.05) is 49.4 Å². The first-order chi connectivity index (χ1) is 10.3. The number of rotatable bonds is 7. The van der Waals surface area contributed by atoms with Crippen molar-refractivity contribution in [1.29, 1.82) is 0 Å². The molecule has 21 heavy (non-hydrogen) atoms. The van der Waals surface area contributed by atoms with E-state index in [1.165, 1.54) is 11.1 Å². The number of aryl methyl sites for hydroxylation is 1. The topological polar surface area (TPSA) is 38.3 Å². The third kappa shape index (κ3) is 5.30. The molecule has 0 aromatic heterocycles. The molecule has 2 aromatic carbocycles. The Morgan fingerprint density at radius 3 is 2.57 bits per heavy atom. The van der Waals surface area contributed by atoms with Gasteiger partial charge in [0.15, 0.2) is 6.61 Å². The van der Waals surface area contributed by atoms with E-state index >= 15 is 0 Å². The maximum absolute atomic E-state index is 11.7. The second kappa shape index (κ2) is 8.10. The lowest BCUT2D eigenvalue weighted by Gasteiger charge is -2.08. The van der Waals surface area contributed by atoms with Crippen molar-refractivity contribution in [3.8, 4) is 5.75 Å². The fourth-order valence-electron chi connectivity index (χ4n) is 2.05. The van der Waals surface area contributed by atoms with Crippen molar-refractivity contribution in [2.75, 3.05) is 13.2 Å². The van der Waals surface area contributed by atoms with Crippen LogP contribution < -0.4 is 10.1 Å². The molecule has 3 nitrogen and oxygen atoms in total. The van der Waals surface area contributed by atoms with Crippen LogP contribution in [0.4, 0.5) is 0 Å². The number of amides is 1. The number of hydrogen-bond donors (Lipinski definition) is 1. The van der Waals surface area contributed by atoms with E-state index in [1.54, 1.807) is 0 Å². The van der Waals surface area contributed by atoms with E-state index in [9.17, 15) is 4.79 Å². The van der Waals surface area contributed by atoms with Gasteiger partial charge in [-0.05, 0) is 36.1 Å². The quantitative estimate of drug-likeness (QED) is 0.848. The van der Waals surface area contributed by atoms with Crippen molar-refractivity contribution in [1.82, 2.24) is 5.32 Å². The number of carbonyl (C=O) groups is 1. The molecule has 0 saturated carbocycles. The van der Waals surface area contributed by atoms with Gasteiger partial charge < -0.3 is 10.1 Å². The van der Waals surface area contributed by atoms with Crippen molar-refractivity contribution in [2.45, 2.75) is 19.8 Å². The SMILES string of the molecule is CCc1cccc(OCC(=O)NCCc2ccccc2)c1. The third-order valence-corrected chi connectivity index (χ3v) is 3.26. The van der Waals surface area contributed by atoms with E-state index in [0.29, 0.717) is 6.54 Å². The average Bonchev–Trinajstić information content (AvgIpc) is 2.54. The van der Waals surface area contributed by atoms with Crippen LogP contribution in [0.2, 0.25) is 0 Å². The lowest BCUT2D eigenvalue weighted by atomic mass is 10.1. The molecule has 1 amide bonds. The van der Waals surface area contributed by atoms with E-state index in [-0.39, 0.29) is 12.5 Å². The molecule has 0 aliphatic rings. The van der Waals surface area contributed by atoms with E-state index in [1.807, 2.05) is 42.5 Å². The number of ether oxygens (including phenoxy) is 1. The van der Waals surface area contributed by atoms with E-state index < -0.39 is 0 Å². The predicted octanol–water partition coefficient (Wildman–Crippen LogP) is 2.99. The summed E-state index contributed by atoms with van der Waals surface area (Å²) in [5.74, 6) is 0.653.